The zero-order chi connectivity index (χ0) is 15.2. The molecule has 0 aliphatic carbocycles. The van der Waals surface area contributed by atoms with E-state index < -0.39 is 0 Å². The Kier molecular flexibility index (Phi) is 5.40. The van der Waals surface area contributed by atoms with Crippen LogP contribution in [0.25, 0.3) is 5.95 Å². The van der Waals surface area contributed by atoms with Gasteiger partial charge in [-0.15, -0.1) is 0 Å². The highest BCUT2D eigenvalue weighted by Gasteiger charge is 2.15. The molecule has 0 radical (unpaired) electrons. The Bertz CT molecular complexity index is 561. The molecule has 0 aliphatic heterocycles. The van der Waals surface area contributed by atoms with Gasteiger partial charge in [0.2, 0.25) is 11.2 Å². The van der Waals surface area contributed by atoms with Crippen molar-refractivity contribution in [3.63, 3.8) is 0 Å². The van der Waals surface area contributed by atoms with Gasteiger partial charge in [0.15, 0.2) is 0 Å². The van der Waals surface area contributed by atoms with Gasteiger partial charge in [-0.2, -0.15) is 24.7 Å². The predicted molar refractivity (Wildman–Crippen MR) is 78.7 cm³/mol. The van der Waals surface area contributed by atoms with E-state index in [-0.39, 0.29) is 5.28 Å². The molecule has 2 aromatic rings. The lowest BCUT2D eigenvalue weighted by Crippen LogP contribution is -2.33. The molecule has 2 heterocycles. The van der Waals surface area contributed by atoms with Crippen molar-refractivity contribution in [3.8, 4) is 5.95 Å². The van der Waals surface area contributed by atoms with Crippen LogP contribution in [0.4, 0.5) is 5.95 Å². The SMILES string of the molecule is COCCN(CC(C)C)c1nc(Cl)nc(-n2cncn2)n1. The fourth-order valence-electron chi connectivity index (χ4n) is 1.80. The molecule has 9 heteroatoms. The Morgan fingerprint density at radius 3 is 2.76 bits per heavy atom. The number of hydrogen-bond donors (Lipinski definition) is 0. The molecule has 2 rings (SSSR count). The first-order chi connectivity index (χ1) is 10.1. The second-order valence-electron chi connectivity index (χ2n) is 4.88. The zero-order valence-corrected chi connectivity index (χ0v) is 13.0. The molecule has 0 N–H and O–H groups in total. The summed E-state index contributed by atoms with van der Waals surface area (Å²) in [5.41, 5.74) is 0. The van der Waals surface area contributed by atoms with E-state index >= 15 is 0 Å². The first-order valence-corrected chi connectivity index (χ1v) is 6.98. The lowest BCUT2D eigenvalue weighted by atomic mass is 10.2. The van der Waals surface area contributed by atoms with Gasteiger partial charge in [0, 0.05) is 20.2 Å². The van der Waals surface area contributed by atoms with Crippen LogP contribution in [-0.4, -0.2) is 56.5 Å². The first kappa shape index (κ1) is 15.6. The molecule has 0 saturated carbocycles. The molecule has 0 aliphatic rings. The topological polar surface area (TPSA) is 81.9 Å². The van der Waals surface area contributed by atoms with Gasteiger partial charge >= 0.3 is 0 Å². The van der Waals surface area contributed by atoms with Crippen LogP contribution in [-0.2, 0) is 4.74 Å². The maximum Gasteiger partial charge on any atom is 0.258 e. The molecule has 0 spiro atoms. The van der Waals surface area contributed by atoms with Crippen LogP contribution in [0.2, 0.25) is 5.28 Å². The van der Waals surface area contributed by atoms with Crippen molar-refractivity contribution in [1.82, 2.24) is 29.7 Å². The Morgan fingerprint density at radius 2 is 2.14 bits per heavy atom. The summed E-state index contributed by atoms with van der Waals surface area (Å²) >= 11 is 6.00. The molecule has 0 atom stereocenters. The van der Waals surface area contributed by atoms with Crippen LogP contribution in [0.3, 0.4) is 0 Å². The number of ether oxygens (including phenoxy) is 1. The van der Waals surface area contributed by atoms with Crippen molar-refractivity contribution >= 4 is 17.5 Å². The summed E-state index contributed by atoms with van der Waals surface area (Å²) in [5.74, 6) is 1.30. The van der Waals surface area contributed by atoms with Crippen LogP contribution in [0.15, 0.2) is 12.7 Å². The monoisotopic (exact) mass is 311 g/mol. The smallest absolute Gasteiger partial charge is 0.258 e. The van der Waals surface area contributed by atoms with Gasteiger partial charge in [-0.3, -0.25) is 0 Å². The van der Waals surface area contributed by atoms with Gasteiger partial charge < -0.3 is 9.64 Å². The fourth-order valence-corrected chi connectivity index (χ4v) is 1.95. The van der Waals surface area contributed by atoms with Crippen molar-refractivity contribution in [3.05, 3.63) is 17.9 Å². The van der Waals surface area contributed by atoms with E-state index in [4.69, 9.17) is 16.3 Å². The van der Waals surface area contributed by atoms with E-state index in [1.165, 1.54) is 17.3 Å². The lowest BCUT2D eigenvalue weighted by Gasteiger charge is -2.24. The normalized spacial score (nSPS) is 11.1. The van der Waals surface area contributed by atoms with Crippen molar-refractivity contribution in [2.24, 2.45) is 5.92 Å². The van der Waals surface area contributed by atoms with Gasteiger partial charge in [-0.1, -0.05) is 13.8 Å². The Hall–Kier alpha value is -1.80. The van der Waals surface area contributed by atoms with Crippen molar-refractivity contribution < 1.29 is 4.74 Å². The molecule has 0 aromatic carbocycles. The molecule has 0 fully saturated rings. The average molecular weight is 312 g/mol. The van der Waals surface area contributed by atoms with E-state index in [1.807, 2.05) is 4.90 Å². The zero-order valence-electron chi connectivity index (χ0n) is 12.3. The Balaban J connectivity index is 2.30. The molecule has 2 aromatic heterocycles. The predicted octanol–water partition coefficient (Wildman–Crippen LogP) is 1.21. The van der Waals surface area contributed by atoms with E-state index in [9.17, 15) is 0 Å². The standard InChI is InChI=1S/C12H18ClN7O/c1-9(2)6-19(4-5-21-3)11-16-10(13)17-12(18-11)20-8-14-7-15-20/h7-9H,4-6H2,1-3H3. The summed E-state index contributed by atoms with van der Waals surface area (Å²) in [6, 6.07) is 0. The van der Waals surface area contributed by atoms with Crippen molar-refractivity contribution in [2.75, 3.05) is 31.7 Å². The molecular weight excluding hydrogens is 294 g/mol. The van der Waals surface area contributed by atoms with E-state index in [0.717, 1.165) is 6.54 Å². The molecular formula is C12H18ClN7O. The van der Waals surface area contributed by atoms with Crippen LogP contribution >= 0.6 is 11.6 Å². The lowest BCUT2D eigenvalue weighted by molar-refractivity contribution is 0.204. The number of halogens is 1. The van der Waals surface area contributed by atoms with Gasteiger partial charge in [0.25, 0.3) is 5.95 Å². The number of anilines is 1. The third kappa shape index (κ3) is 4.33. The highest BCUT2D eigenvalue weighted by atomic mass is 35.5. The summed E-state index contributed by atoms with van der Waals surface area (Å²) in [4.78, 5) is 18.6. The molecule has 0 amide bonds. The number of nitrogens with zero attached hydrogens (tertiary/aromatic N) is 7. The minimum absolute atomic E-state index is 0.122. The number of methoxy groups -OCH3 is 1. The number of hydrogen-bond acceptors (Lipinski definition) is 7. The third-order valence-corrected chi connectivity index (χ3v) is 2.81. The van der Waals surface area contributed by atoms with Crippen molar-refractivity contribution in [2.45, 2.75) is 13.8 Å². The minimum Gasteiger partial charge on any atom is -0.383 e. The average Bonchev–Trinajstić information content (AvgIpc) is 2.96. The first-order valence-electron chi connectivity index (χ1n) is 6.60. The van der Waals surface area contributed by atoms with Crippen LogP contribution < -0.4 is 4.90 Å². The van der Waals surface area contributed by atoms with Crippen LogP contribution in [0, 0.1) is 5.92 Å². The van der Waals surface area contributed by atoms with E-state index in [1.54, 1.807) is 7.11 Å². The maximum atomic E-state index is 6.00. The van der Waals surface area contributed by atoms with Crippen LogP contribution in [0.5, 0.6) is 0 Å². The third-order valence-electron chi connectivity index (χ3n) is 2.64. The summed E-state index contributed by atoms with van der Waals surface area (Å²) < 4.78 is 6.58. The second kappa shape index (κ2) is 7.28. The summed E-state index contributed by atoms with van der Waals surface area (Å²) in [6.07, 6.45) is 2.92. The van der Waals surface area contributed by atoms with E-state index in [0.29, 0.717) is 31.0 Å². The van der Waals surface area contributed by atoms with E-state index in [2.05, 4.69) is 38.9 Å². The number of rotatable bonds is 7. The minimum atomic E-state index is 0.122. The Labute approximate surface area is 128 Å². The fraction of sp³-hybridized carbons (Fsp3) is 0.583. The molecule has 0 bridgehead atoms. The highest BCUT2D eigenvalue weighted by molar-refractivity contribution is 6.28. The van der Waals surface area contributed by atoms with Gasteiger partial charge in [-0.25, -0.2) is 4.98 Å². The molecule has 0 unspecified atom stereocenters. The second-order valence-corrected chi connectivity index (χ2v) is 5.22. The molecule has 8 nitrogen and oxygen atoms in total. The van der Waals surface area contributed by atoms with Crippen LogP contribution in [0.1, 0.15) is 13.8 Å². The molecule has 0 saturated heterocycles. The molecule has 114 valence electrons. The quantitative estimate of drug-likeness (QED) is 0.760. The van der Waals surface area contributed by atoms with Gasteiger partial charge in [0.05, 0.1) is 6.61 Å². The largest absolute Gasteiger partial charge is 0.383 e. The van der Waals surface area contributed by atoms with Gasteiger partial charge in [0.1, 0.15) is 12.7 Å². The summed E-state index contributed by atoms with van der Waals surface area (Å²) in [5, 5.41) is 4.12. The molecule has 21 heavy (non-hydrogen) atoms. The summed E-state index contributed by atoms with van der Waals surface area (Å²) in [6.45, 7) is 6.29. The Morgan fingerprint density at radius 1 is 1.33 bits per heavy atom. The van der Waals surface area contributed by atoms with Gasteiger partial charge in [-0.05, 0) is 17.5 Å². The highest BCUT2D eigenvalue weighted by Crippen LogP contribution is 2.14. The maximum absolute atomic E-state index is 6.00. The van der Waals surface area contributed by atoms with Crippen molar-refractivity contribution in [1.29, 1.82) is 0 Å². The number of aromatic nitrogens is 6. The summed E-state index contributed by atoms with van der Waals surface area (Å²) in [7, 11) is 1.66.